The zero-order valence-electron chi connectivity index (χ0n) is 21.4. The van der Waals surface area contributed by atoms with Crippen LogP contribution < -0.4 is 18.9 Å². The zero-order valence-corrected chi connectivity index (χ0v) is 21.4. The number of benzene rings is 2. The van der Waals surface area contributed by atoms with E-state index in [1.165, 1.54) is 0 Å². The smallest absolute Gasteiger partial charge is 0.203 e. The van der Waals surface area contributed by atoms with Gasteiger partial charge >= 0.3 is 0 Å². The quantitative estimate of drug-likeness (QED) is 0.353. The molecule has 0 amide bonds. The van der Waals surface area contributed by atoms with Gasteiger partial charge in [0.05, 0.1) is 52.0 Å². The van der Waals surface area contributed by atoms with Gasteiger partial charge in [-0.25, -0.2) is 4.52 Å². The molecule has 0 bridgehead atoms. The molecule has 1 aliphatic rings. The Morgan fingerprint density at radius 1 is 0.892 bits per heavy atom. The number of fused-ring (bicyclic) bond motifs is 3. The first-order chi connectivity index (χ1) is 18.0. The Kier molecular flexibility index (Phi) is 6.66. The second-order valence-corrected chi connectivity index (χ2v) is 8.67. The fraction of sp³-hybridized carbons (Fsp3) is 0.333. The van der Waals surface area contributed by atoms with E-state index in [0.29, 0.717) is 52.1 Å². The highest BCUT2D eigenvalue weighted by atomic mass is 16.5. The van der Waals surface area contributed by atoms with Crippen molar-refractivity contribution >= 4 is 11.4 Å². The second kappa shape index (κ2) is 10.1. The maximum Gasteiger partial charge on any atom is 0.203 e. The number of nitrogens with zero attached hydrogens (tertiary/aromatic N) is 4. The number of rotatable bonds is 8. The molecule has 1 atom stereocenters. The summed E-state index contributed by atoms with van der Waals surface area (Å²) in [5, 5.41) is 13.6. The van der Waals surface area contributed by atoms with Crippen molar-refractivity contribution in [2.45, 2.75) is 25.4 Å². The molecule has 37 heavy (non-hydrogen) atoms. The van der Waals surface area contributed by atoms with Crippen molar-refractivity contribution in [3.8, 4) is 34.1 Å². The molecule has 10 heteroatoms. The highest BCUT2D eigenvalue weighted by Crippen LogP contribution is 2.43. The van der Waals surface area contributed by atoms with E-state index in [4.69, 9.17) is 28.8 Å². The van der Waals surface area contributed by atoms with Gasteiger partial charge in [-0.05, 0) is 36.1 Å². The van der Waals surface area contributed by atoms with E-state index in [0.717, 1.165) is 16.7 Å². The molecule has 0 aliphatic heterocycles. The zero-order chi connectivity index (χ0) is 26.1. The molecule has 0 saturated heterocycles. The van der Waals surface area contributed by atoms with E-state index in [1.807, 2.05) is 36.4 Å². The van der Waals surface area contributed by atoms with E-state index in [1.54, 1.807) is 40.1 Å². The van der Waals surface area contributed by atoms with Crippen LogP contribution in [0.2, 0.25) is 0 Å². The van der Waals surface area contributed by atoms with Gasteiger partial charge in [0, 0.05) is 19.1 Å². The summed E-state index contributed by atoms with van der Waals surface area (Å²) in [4.78, 5) is 13.3. The number of Topliss-reactive ketones (excluding diaryl/α,β-unsaturated/α-hetero) is 1. The van der Waals surface area contributed by atoms with Crippen LogP contribution in [0.25, 0.3) is 16.8 Å². The highest BCUT2D eigenvalue weighted by molar-refractivity contribution is 5.97. The van der Waals surface area contributed by atoms with Crippen LogP contribution in [0.5, 0.6) is 23.0 Å². The predicted molar refractivity (Wildman–Crippen MR) is 135 cm³/mol. The average molecular weight is 505 g/mol. The van der Waals surface area contributed by atoms with Gasteiger partial charge in [0.25, 0.3) is 0 Å². The Hall–Kier alpha value is -4.18. The number of ketones is 1. The number of carbonyl (C=O) groups excluding carboxylic acids is 1. The number of aromatic nitrogens is 4. The number of carbonyl (C=O) groups is 1. The first-order valence-electron chi connectivity index (χ1n) is 11.8. The van der Waals surface area contributed by atoms with Gasteiger partial charge in [0.15, 0.2) is 28.6 Å². The normalized spacial score (nSPS) is 14.9. The van der Waals surface area contributed by atoms with Crippen molar-refractivity contribution in [1.82, 2.24) is 19.8 Å². The Bertz CT molecular complexity index is 1460. The van der Waals surface area contributed by atoms with Crippen molar-refractivity contribution in [1.29, 1.82) is 0 Å². The summed E-state index contributed by atoms with van der Waals surface area (Å²) >= 11 is 0. The number of ether oxygens (including phenoxy) is 5. The number of hydrogen-bond donors (Lipinski definition) is 0. The van der Waals surface area contributed by atoms with Gasteiger partial charge in [0.1, 0.15) is 5.75 Å². The van der Waals surface area contributed by atoms with Crippen LogP contribution in [0, 0.1) is 0 Å². The van der Waals surface area contributed by atoms with Crippen LogP contribution >= 0.6 is 0 Å². The third-order valence-corrected chi connectivity index (χ3v) is 6.66. The van der Waals surface area contributed by atoms with Gasteiger partial charge in [0.2, 0.25) is 5.75 Å². The highest BCUT2D eigenvalue weighted by Gasteiger charge is 2.33. The number of methoxy groups -OCH3 is 5. The lowest BCUT2D eigenvalue weighted by Crippen LogP contribution is -2.24. The topological polar surface area (TPSA) is 106 Å². The Morgan fingerprint density at radius 2 is 1.59 bits per heavy atom. The summed E-state index contributed by atoms with van der Waals surface area (Å²) in [5.74, 6) is 2.01. The van der Waals surface area contributed by atoms with Crippen molar-refractivity contribution < 1.29 is 28.5 Å². The van der Waals surface area contributed by atoms with Gasteiger partial charge < -0.3 is 23.7 Å². The van der Waals surface area contributed by atoms with Crippen LogP contribution in [0.4, 0.5) is 0 Å². The van der Waals surface area contributed by atoms with Crippen molar-refractivity contribution in [2.75, 3.05) is 35.5 Å². The Morgan fingerprint density at radius 3 is 2.24 bits per heavy atom. The molecule has 0 saturated carbocycles. The summed E-state index contributed by atoms with van der Waals surface area (Å²) in [7, 11) is 7.93. The molecular weight excluding hydrogens is 476 g/mol. The second-order valence-electron chi connectivity index (χ2n) is 8.67. The molecular formula is C27H28N4O6. The van der Waals surface area contributed by atoms with Gasteiger partial charge in [-0.1, -0.05) is 18.2 Å². The monoisotopic (exact) mass is 504 g/mol. The van der Waals surface area contributed by atoms with Crippen molar-refractivity contribution in [3.05, 3.63) is 59.0 Å². The van der Waals surface area contributed by atoms with Crippen LogP contribution in [-0.4, -0.2) is 61.1 Å². The lowest BCUT2D eigenvalue weighted by atomic mass is 9.83. The third kappa shape index (κ3) is 4.13. The summed E-state index contributed by atoms with van der Waals surface area (Å²) in [5.41, 5.74) is 4.72. The molecule has 1 aliphatic carbocycles. The van der Waals surface area contributed by atoms with E-state index in [2.05, 4.69) is 10.2 Å². The van der Waals surface area contributed by atoms with E-state index in [9.17, 15) is 4.79 Å². The molecule has 2 aromatic heterocycles. The summed E-state index contributed by atoms with van der Waals surface area (Å²) in [6.45, 7) is 0.260. The maximum atomic E-state index is 13.3. The Balaban J connectivity index is 1.67. The molecule has 192 valence electrons. The molecule has 10 nitrogen and oxygen atoms in total. The standard InChI is InChI=1S/C27H28N4O6/c1-33-14-18-24(17-8-6-7-9-21(17)34-2)27-29-28-25-19(31(27)30-18)10-15(11-20(25)32)16-12-22(35-3)26(37-5)23(13-16)36-4/h6-9,12-13,15H,10-11,14H2,1-5H3/t15-/m0/s1. The Labute approximate surface area is 214 Å². The molecule has 0 unspecified atom stereocenters. The first kappa shape index (κ1) is 24.5. The fourth-order valence-corrected chi connectivity index (χ4v) is 4.95. The van der Waals surface area contributed by atoms with Crippen LogP contribution in [0.3, 0.4) is 0 Å². The molecule has 0 spiro atoms. The number of para-hydroxylation sites is 1. The minimum atomic E-state index is -0.147. The molecule has 2 aromatic carbocycles. The van der Waals surface area contributed by atoms with Crippen LogP contribution in [-0.2, 0) is 17.8 Å². The predicted octanol–water partition coefficient (Wildman–Crippen LogP) is 3.88. The van der Waals surface area contributed by atoms with Crippen molar-refractivity contribution in [3.63, 3.8) is 0 Å². The fourth-order valence-electron chi connectivity index (χ4n) is 4.95. The molecule has 0 radical (unpaired) electrons. The molecule has 5 rings (SSSR count). The first-order valence-corrected chi connectivity index (χ1v) is 11.8. The van der Waals surface area contributed by atoms with Gasteiger partial charge in [-0.15, -0.1) is 10.2 Å². The van der Waals surface area contributed by atoms with E-state index >= 15 is 0 Å². The van der Waals surface area contributed by atoms with Gasteiger partial charge in [-0.3, -0.25) is 4.79 Å². The van der Waals surface area contributed by atoms with Gasteiger partial charge in [-0.2, -0.15) is 5.10 Å². The lowest BCUT2D eigenvalue weighted by molar-refractivity contribution is 0.0955. The van der Waals surface area contributed by atoms with Crippen LogP contribution in [0.15, 0.2) is 36.4 Å². The lowest BCUT2D eigenvalue weighted by Gasteiger charge is -2.24. The van der Waals surface area contributed by atoms with E-state index in [-0.39, 0.29) is 24.7 Å². The maximum absolute atomic E-state index is 13.3. The largest absolute Gasteiger partial charge is 0.496 e. The van der Waals surface area contributed by atoms with E-state index < -0.39 is 0 Å². The van der Waals surface area contributed by atoms with Crippen molar-refractivity contribution in [2.24, 2.45) is 0 Å². The summed E-state index contributed by atoms with van der Waals surface area (Å²) in [6, 6.07) is 11.4. The minimum absolute atomic E-state index is 0.1000. The summed E-state index contributed by atoms with van der Waals surface area (Å²) < 4.78 is 29.3. The number of hydrogen-bond acceptors (Lipinski definition) is 9. The molecule has 4 aromatic rings. The summed E-state index contributed by atoms with van der Waals surface area (Å²) in [6.07, 6.45) is 0.794. The molecule has 0 fully saturated rings. The SMILES string of the molecule is COCc1nn2c3c(nnc2c1-c1ccccc1OC)C(=O)C[C@@H](c1cc(OC)c(OC)c(OC)c1)C3. The third-order valence-electron chi connectivity index (χ3n) is 6.66. The van der Waals surface area contributed by atoms with Crippen LogP contribution in [0.1, 0.15) is 39.8 Å². The molecule has 0 N–H and O–H groups in total. The molecule has 2 heterocycles. The average Bonchev–Trinajstić information content (AvgIpc) is 3.30. The minimum Gasteiger partial charge on any atom is -0.496 e.